The molecule has 3 rings (SSSR count). The first kappa shape index (κ1) is 14.1. The van der Waals surface area contributed by atoms with Crippen molar-refractivity contribution in [3.05, 3.63) is 35.4 Å². The number of rotatable bonds is 5. The van der Waals surface area contributed by atoms with Crippen LogP contribution in [-0.4, -0.2) is 13.1 Å². The number of aryl methyl sites for hydroxylation is 1. The molecule has 0 aromatic heterocycles. The molecule has 0 amide bonds. The summed E-state index contributed by atoms with van der Waals surface area (Å²) in [6.07, 6.45) is 7.24. The van der Waals surface area contributed by atoms with Gasteiger partial charge >= 0.3 is 0 Å². The standard InChI is InChI=1S/C19H29N/c1-15(2)11-20-14-19(12-18(13-19)9-6-10-18)17-8-5-4-7-16(17)3/h4-5,7-8,15,20H,6,9-14H2,1-3H3. The third kappa shape index (κ3) is 2.41. The smallest absolute Gasteiger partial charge is 0.00909 e. The fourth-order valence-corrected chi connectivity index (χ4v) is 4.59. The molecule has 2 saturated carbocycles. The highest BCUT2D eigenvalue weighted by molar-refractivity contribution is 5.38. The summed E-state index contributed by atoms with van der Waals surface area (Å²) in [4.78, 5) is 0. The first-order chi connectivity index (χ1) is 9.55. The number of hydrogen-bond donors (Lipinski definition) is 1. The molecule has 0 saturated heterocycles. The number of nitrogens with one attached hydrogen (secondary N) is 1. The maximum absolute atomic E-state index is 3.74. The highest BCUT2D eigenvalue weighted by atomic mass is 14.9. The van der Waals surface area contributed by atoms with E-state index in [9.17, 15) is 0 Å². The molecule has 1 nitrogen and oxygen atoms in total. The van der Waals surface area contributed by atoms with Crippen molar-refractivity contribution < 1.29 is 0 Å². The van der Waals surface area contributed by atoms with Gasteiger partial charge in [0.05, 0.1) is 0 Å². The average molecular weight is 271 g/mol. The fraction of sp³-hybridized carbons (Fsp3) is 0.684. The molecule has 0 heterocycles. The summed E-state index contributed by atoms with van der Waals surface area (Å²) in [6.45, 7) is 9.17. The van der Waals surface area contributed by atoms with Crippen LogP contribution in [0.3, 0.4) is 0 Å². The minimum Gasteiger partial charge on any atom is -0.316 e. The van der Waals surface area contributed by atoms with E-state index in [1.54, 1.807) is 5.56 Å². The lowest BCUT2D eigenvalue weighted by molar-refractivity contribution is -0.0486. The SMILES string of the molecule is Cc1ccccc1C1(CNCC(C)C)CC2(CCC2)C1. The van der Waals surface area contributed by atoms with Crippen LogP contribution in [0.2, 0.25) is 0 Å². The molecule has 1 N–H and O–H groups in total. The monoisotopic (exact) mass is 271 g/mol. The molecule has 1 aromatic rings. The summed E-state index contributed by atoms with van der Waals surface area (Å²) in [5.74, 6) is 0.738. The van der Waals surface area contributed by atoms with Gasteiger partial charge in [-0.05, 0) is 61.6 Å². The lowest BCUT2D eigenvalue weighted by Crippen LogP contribution is -2.57. The normalized spacial score (nSPS) is 22.6. The Morgan fingerprint density at radius 2 is 1.85 bits per heavy atom. The van der Waals surface area contributed by atoms with E-state index >= 15 is 0 Å². The Labute approximate surface area is 124 Å². The molecule has 0 aliphatic heterocycles. The molecule has 0 unspecified atom stereocenters. The van der Waals surface area contributed by atoms with Gasteiger partial charge in [-0.1, -0.05) is 44.5 Å². The van der Waals surface area contributed by atoms with Gasteiger partial charge in [-0.2, -0.15) is 0 Å². The molecular weight excluding hydrogens is 242 g/mol. The lowest BCUT2D eigenvalue weighted by Gasteiger charge is -2.62. The summed E-state index contributed by atoms with van der Waals surface area (Å²) >= 11 is 0. The van der Waals surface area contributed by atoms with Crippen LogP contribution in [0.1, 0.15) is 57.1 Å². The van der Waals surface area contributed by atoms with Crippen LogP contribution in [0.15, 0.2) is 24.3 Å². The van der Waals surface area contributed by atoms with Crippen molar-refractivity contribution >= 4 is 0 Å². The molecule has 0 bridgehead atoms. The molecule has 1 spiro atoms. The summed E-state index contributed by atoms with van der Waals surface area (Å²) in [6, 6.07) is 9.05. The predicted molar refractivity (Wildman–Crippen MR) is 86.1 cm³/mol. The van der Waals surface area contributed by atoms with Crippen LogP contribution in [0, 0.1) is 18.3 Å². The van der Waals surface area contributed by atoms with Gasteiger partial charge in [-0.15, -0.1) is 0 Å². The van der Waals surface area contributed by atoms with Gasteiger partial charge in [0, 0.05) is 12.0 Å². The second-order valence-corrected chi connectivity index (χ2v) is 7.83. The molecule has 2 fully saturated rings. The maximum atomic E-state index is 3.74. The van der Waals surface area contributed by atoms with Crippen LogP contribution >= 0.6 is 0 Å². The first-order valence-corrected chi connectivity index (χ1v) is 8.32. The second-order valence-electron chi connectivity index (χ2n) is 7.83. The molecular formula is C19H29N. The van der Waals surface area contributed by atoms with Gasteiger partial charge in [-0.25, -0.2) is 0 Å². The Hall–Kier alpha value is -0.820. The third-order valence-corrected chi connectivity index (χ3v) is 5.57. The van der Waals surface area contributed by atoms with Gasteiger partial charge in [0.15, 0.2) is 0 Å². The van der Waals surface area contributed by atoms with Gasteiger partial charge in [-0.3, -0.25) is 0 Å². The topological polar surface area (TPSA) is 12.0 Å². The zero-order chi connectivity index (χ0) is 14.2. The van der Waals surface area contributed by atoms with Crippen molar-refractivity contribution in [1.29, 1.82) is 0 Å². The maximum Gasteiger partial charge on any atom is 0.00909 e. The van der Waals surface area contributed by atoms with Gasteiger partial charge < -0.3 is 5.32 Å². The third-order valence-electron chi connectivity index (χ3n) is 5.57. The fourth-order valence-electron chi connectivity index (χ4n) is 4.59. The van der Waals surface area contributed by atoms with Crippen LogP contribution in [0.4, 0.5) is 0 Å². The quantitative estimate of drug-likeness (QED) is 0.834. The van der Waals surface area contributed by atoms with Crippen LogP contribution in [-0.2, 0) is 5.41 Å². The van der Waals surface area contributed by atoms with Crippen LogP contribution < -0.4 is 5.32 Å². The minimum atomic E-state index is 0.417. The molecule has 110 valence electrons. The predicted octanol–water partition coefficient (Wildman–Crippen LogP) is 4.44. The van der Waals surface area contributed by atoms with Crippen molar-refractivity contribution in [2.45, 2.75) is 58.3 Å². The van der Waals surface area contributed by atoms with Crippen LogP contribution in [0.5, 0.6) is 0 Å². The number of hydrogen-bond acceptors (Lipinski definition) is 1. The van der Waals surface area contributed by atoms with Gasteiger partial charge in [0.2, 0.25) is 0 Å². The summed E-state index contributed by atoms with van der Waals surface area (Å²) in [5, 5.41) is 3.74. The molecule has 20 heavy (non-hydrogen) atoms. The molecule has 2 aliphatic carbocycles. The van der Waals surface area contributed by atoms with Gasteiger partial charge in [0.1, 0.15) is 0 Å². The highest BCUT2D eigenvalue weighted by Gasteiger charge is 2.57. The van der Waals surface area contributed by atoms with Crippen molar-refractivity contribution in [3.8, 4) is 0 Å². The Kier molecular flexibility index (Phi) is 3.66. The van der Waals surface area contributed by atoms with Gasteiger partial charge in [0.25, 0.3) is 0 Å². The van der Waals surface area contributed by atoms with Crippen LogP contribution in [0.25, 0.3) is 0 Å². The molecule has 1 heteroatoms. The Morgan fingerprint density at radius 1 is 1.15 bits per heavy atom. The van der Waals surface area contributed by atoms with E-state index in [0.717, 1.165) is 24.4 Å². The zero-order valence-electron chi connectivity index (χ0n) is 13.3. The van der Waals surface area contributed by atoms with Crippen molar-refractivity contribution in [1.82, 2.24) is 5.32 Å². The molecule has 0 atom stereocenters. The van der Waals surface area contributed by atoms with Crippen molar-refractivity contribution in [2.75, 3.05) is 13.1 Å². The van der Waals surface area contributed by atoms with Crippen molar-refractivity contribution in [3.63, 3.8) is 0 Å². The Balaban J connectivity index is 1.76. The number of benzene rings is 1. The van der Waals surface area contributed by atoms with E-state index < -0.39 is 0 Å². The van der Waals surface area contributed by atoms with E-state index in [0.29, 0.717) is 5.41 Å². The molecule has 1 aromatic carbocycles. The summed E-state index contributed by atoms with van der Waals surface area (Å²) in [5.41, 5.74) is 4.23. The summed E-state index contributed by atoms with van der Waals surface area (Å²) in [7, 11) is 0. The average Bonchev–Trinajstić information content (AvgIpc) is 2.31. The highest BCUT2D eigenvalue weighted by Crippen LogP contribution is 2.65. The second kappa shape index (κ2) is 5.18. The van der Waals surface area contributed by atoms with Crippen molar-refractivity contribution in [2.24, 2.45) is 11.3 Å². The van der Waals surface area contributed by atoms with E-state index in [2.05, 4.69) is 50.4 Å². The molecule has 2 aliphatic rings. The minimum absolute atomic E-state index is 0.417. The largest absolute Gasteiger partial charge is 0.316 e. The zero-order valence-corrected chi connectivity index (χ0v) is 13.3. The summed E-state index contributed by atoms with van der Waals surface area (Å²) < 4.78 is 0. The first-order valence-electron chi connectivity index (χ1n) is 8.32. The van der Waals surface area contributed by atoms with E-state index in [-0.39, 0.29) is 0 Å². The Bertz CT molecular complexity index is 462. The van der Waals surface area contributed by atoms with E-state index in [1.807, 2.05) is 0 Å². The molecule has 0 radical (unpaired) electrons. The lowest BCUT2D eigenvalue weighted by atomic mass is 9.43. The Morgan fingerprint density at radius 3 is 2.40 bits per heavy atom. The van der Waals surface area contributed by atoms with E-state index in [4.69, 9.17) is 0 Å². The van der Waals surface area contributed by atoms with E-state index in [1.165, 1.54) is 37.7 Å².